The van der Waals surface area contributed by atoms with Crippen LogP contribution in [0, 0.1) is 5.92 Å². The van der Waals surface area contributed by atoms with Crippen molar-refractivity contribution >= 4 is 0 Å². The SMILES string of the molecule is C[C@]12C/C(=C\COC3CCCCO3)C[C@H]1C[C@@H](CO)O2. The van der Waals surface area contributed by atoms with Crippen molar-refractivity contribution in [1.29, 1.82) is 0 Å². The molecule has 0 aromatic carbocycles. The molecule has 4 heteroatoms. The molecule has 1 saturated carbocycles. The Labute approximate surface area is 121 Å². The van der Waals surface area contributed by atoms with Gasteiger partial charge in [-0.15, -0.1) is 0 Å². The van der Waals surface area contributed by atoms with Crippen LogP contribution in [0.15, 0.2) is 11.6 Å². The largest absolute Gasteiger partial charge is 0.394 e. The maximum atomic E-state index is 9.21. The lowest BCUT2D eigenvalue weighted by atomic mass is 9.92. The quantitative estimate of drug-likeness (QED) is 0.804. The highest BCUT2D eigenvalue weighted by atomic mass is 16.7. The fourth-order valence-electron chi connectivity index (χ4n) is 3.80. The van der Waals surface area contributed by atoms with Crippen LogP contribution in [0.25, 0.3) is 0 Å². The van der Waals surface area contributed by atoms with Gasteiger partial charge in [-0.25, -0.2) is 0 Å². The third kappa shape index (κ3) is 3.08. The topological polar surface area (TPSA) is 47.9 Å². The van der Waals surface area contributed by atoms with E-state index in [2.05, 4.69) is 13.0 Å². The Hall–Kier alpha value is -0.420. The Morgan fingerprint density at radius 1 is 1.45 bits per heavy atom. The molecule has 1 N–H and O–H groups in total. The average Bonchev–Trinajstić information content (AvgIpc) is 2.91. The van der Waals surface area contributed by atoms with Crippen molar-refractivity contribution in [2.24, 2.45) is 5.92 Å². The van der Waals surface area contributed by atoms with Crippen molar-refractivity contribution in [2.45, 2.75) is 63.4 Å². The van der Waals surface area contributed by atoms with Crippen molar-refractivity contribution in [3.8, 4) is 0 Å². The van der Waals surface area contributed by atoms with E-state index < -0.39 is 0 Å². The molecule has 4 atom stereocenters. The third-order valence-electron chi connectivity index (χ3n) is 4.93. The number of aliphatic hydroxyl groups excluding tert-OH is 1. The molecule has 0 amide bonds. The van der Waals surface area contributed by atoms with E-state index in [0.717, 1.165) is 38.7 Å². The van der Waals surface area contributed by atoms with Crippen LogP contribution in [0.4, 0.5) is 0 Å². The molecule has 3 rings (SSSR count). The van der Waals surface area contributed by atoms with Gasteiger partial charge in [0, 0.05) is 6.61 Å². The molecule has 2 heterocycles. The zero-order valence-corrected chi connectivity index (χ0v) is 12.3. The molecule has 0 radical (unpaired) electrons. The number of ether oxygens (including phenoxy) is 3. The standard InChI is InChI=1S/C16H26O4/c1-16-10-12(8-13(16)9-14(11-17)20-16)5-7-19-15-4-2-3-6-18-15/h5,13-15,17H,2-4,6-11H2,1H3/b12-5-/t13-,14-,15?,16-/m0/s1. The summed E-state index contributed by atoms with van der Waals surface area (Å²) in [6.07, 6.45) is 8.67. The van der Waals surface area contributed by atoms with E-state index >= 15 is 0 Å². The molecule has 3 fully saturated rings. The van der Waals surface area contributed by atoms with E-state index in [1.165, 1.54) is 12.0 Å². The van der Waals surface area contributed by atoms with Crippen LogP contribution in [0.1, 0.15) is 45.4 Å². The van der Waals surface area contributed by atoms with Crippen molar-refractivity contribution < 1.29 is 19.3 Å². The molecule has 0 bridgehead atoms. The minimum atomic E-state index is -0.0689. The van der Waals surface area contributed by atoms with E-state index in [1.807, 2.05) is 0 Å². The van der Waals surface area contributed by atoms with Crippen LogP contribution in [0.5, 0.6) is 0 Å². The van der Waals surface area contributed by atoms with E-state index in [4.69, 9.17) is 14.2 Å². The maximum absolute atomic E-state index is 9.21. The second-order valence-corrected chi connectivity index (χ2v) is 6.54. The fraction of sp³-hybridized carbons (Fsp3) is 0.875. The Morgan fingerprint density at radius 3 is 3.05 bits per heavy atom. The smallest absolute Gasteiger partial charge is 0.157 e. The monoisotopic (exact) mass is 282 g/mol. The summed E-state index contributed by atoms with van der Waals surface area (Å²) in [5, 5.41) is 9.21. The van der Waals surface area contributed by atoms with Gasteiger partial charge in [-0.2, -0.15) is 0 Å². The van der Waals surface area contributed by atoms with Gasteiger partial charge in [0.15, 0.2) is 6.29 Å². The minimum absolute atomic E-state index is 0.00731. The van der Waals surface area contributed by atoms with E-state index in [9.17, 15) is 5.11 Å². The van der Waals surface area contributed by atoms with Crippen LogP contribution >= 0.6 is 0 Å². The molecule has 3 aliphatic rings. The number of hydrogen-bond acceptors (Lipinski definition) is 4. The molecule has 1 unspecified atom stereocenters. The highest BCUT2D eigenvalue weighted by Gasteiger charge is 2.49. The minimum Gasteiger partial charge on any atom is -0.394 e. The summed E-state index contributed by atoms with van der Waals surface area (Å²) < 4.78 is 17.3. The fourth-order valence-corrected chi connectivity index (χ4v) is 3.80. The zero-order chi connectivity index (χ0) is 14.0. The molecule has 114 valence electrons. The van der Waals surface area contributed by atoms with Crippen LogP contribution in [-0.4, -0.2) is 42.9 Å². The van der Waals surface area contributed by atoms with Crippen LogP contribution in [0.2, 0.25) is 0 Å². The van der Waals surface area contributed by atoms with Crippen LogP contribution in [-0.2, 0) is 14.2 Å². The van der Waals surface area contributed by atoms with Gasteiger partial charge in [-0.05, 0) is 51.4 Å². The Morgan fingerprint density at radius 2 is 2.35 bits per heavy atom. The molecule has 4 nitrogen and oxygen atoms in total. The predicted molar refractivity (Wildman–Crippen MR) is 75.3 cm³/mol. The summed E-state index contributed by atoms with van der Waals surface area (Å²) in [4.78, 5) is 0. The summed E-state index contributed by atoms with van der Waals surface area (Å²) in [6.45, 7) is 3.80. The summed E-state index contributed by atoms with van der Waals surface area (Å²) in [7, 11) is 0. The van der Waals surface area contributed by atoms with Crippen LogP contribution < -0.4 is 0 Å². The summed E-state index contributed by atoms with van der Waals surface area (Å²) >= 11 is 0. The van der Waals surface area contributed by atoms with E-state index in [0.29, 0.717) is 12.5 Å². The van der Waals surface area contributed by atoms with Crippen molar-refractivity contribution in [3.63, 3.8) is 0 Å². The van der Waals surface area contributed by atoms with Gasteiger partial charge < -0.3 is 19.3 Å². The normalized spacial score (nSPS) is 43.1. The lowest BCUT2D eigenvalue weighted by Gasteiger charge is -2.23. The van der Waals surface area contributed by atoms with Gasteiger partial charge in [0.25, 0.3) is 0 Å². The number of hydrogen-bond donors (Lipinski definition) is 1. The molecular formula is C16H26O4. The zero-order valence-electron chi connectivity index (χ0n) is 12.3. The van der Waals surface area contributed by atoms with Gasteiger partial charge in [0.05, 0.1) is 24.9 Å². The van der Waals surface area contributed by atoms with Crippen LogP contribution in [0.3, 0.4) is 0 Å². The first-order chi connectivity index (χ1) is 9.69. The lowest BCUT2D eigenvalue weighted by Crippen LogP contribution is -2.27. The van der Waals surface area contributed by atoms with Crippen molar-refractivity contribution in [2.75, 3.05) is 19.8 Å². The van der Waals surface area contributed by atoms with Gasteiger partial charge in [0.2, 0.25) is 0 Å². The second kappa shape index (κ2) is 6.14. The van der Waals surface area contributed by atoms with Gasteiger partial charge >= 0.3 is 0 Å². The second-order valence-electron chi connectivity index (χ2n) is 6.54. The van der Waals surface area contributed by atoms with Gasteiger partial charge in [0.1, 0.15) is 0 Å². The van der Waals surface area contributed by atoms with Gasteiger partial charge in [-0.1, -0.05) is 11.6 Å². The molecule has 1 aliphatic carbocycles. The Balaban J connectivity index is 1.47. The summed E-state index contributed by atoms with van der Waals surface area (Å²) in [5.41, 5.74) is 1.37. The first-order valence-corrected chi connectivity index (χ1v) is 7.89. The Kier molecular flexibility index (Phi) is 4.46. The number of aliphatic hydroxyl groups is 1. The third-order valence-corrected chi connectivity index (χ3v) is 4.93. The lowest BCUT2D eigenvalue weighted by molar-refractivity contribution is -0.155. The van der Waals surface area contributed by atoms with Crippen molar-refractivity contribution in [1.82, 2.24) is 0 Å². The predicted octanol–water partition coefficient (Wildman–Crippen LogP) is 2.41. The number of rotatable bonds is 4. The average molecular weight is 282 g/mol. The van der Waals surface area contributed by atoms with Gasteiger partial charge in [-0.3, -0.25) is 0 Å². The highest BCUT2D eigenvalue weighted by Crippen LogP contribution is 2.49. The first kappa shape index (κ1) is 14.5. The summed E-state index contributed by atoms with van der Waals surface area (Å²) in [6, 6.07) is 0. The van der Waals surface area contributed by atoms with Crippen molar-refractivity contribution in [3.05, 3.63) is 11.6 Å². The molecular weight excluding hydrogens is 256 g/mol. The van der Waals surface area contributed by atoms with E-state index in [-0.39, 0.29) is 24.6 Å². The number of fused-ring (bicyclic) bond motifs is 1. The summed E-state index contributed by atoms with van der Waals surface area (Å²) in [5.74, 6) is 0.553. The molecule has 2 saturated heterocycles. The highest BCUT2D eigenvalue weighted by molar-refractivity contribution is 5.18. The maximum Gasteiger partial charge on any atom is 0.157 e. The molecule has 0 spiro atoms. The molecule has 0 aromatic heterocycles. The Bertz CT molecular complexity index is 361. The van der Waals surface area contributed by atoms with E-state index in [1.54, 1.807) is 0 Å². The molecule has 2 aliphatic heterocycles. The molecule has 20 heavy (non-hydrogen) atoms. The first-order valence-electron chi connectivity index (χ1n) is 7.89. The molecule has 0 aromatic rings.